The van der Waals surface area contributed by atoms with Gasteiger partial charge in [-0.15, -0.1) is 0 Å². The molecule has 1 aliphatic heterocycles. The van der Waals surface area contributed by atoms with Crippen molar-refractivity contribution in [2.24, 2.45) is 0 Å². The van der Waals surface area contributed by atoms with E-state index in [-0.39, 0.29) is 17.4 Å². The van der Waals surface area contributed by atoms with Crippen LogP contribution in [0.15, 0.2) is 18.3 Å². The van der Waals surface area contributed by atoms with Crippen LogP contribution < -0.4 is 0 Å². The standard InChI is InChI=1S/C12H13ClN2O2S/c1-8-2-4-15-10(6-8)11(13)14-12(15)9-3-5-18(16,17)7-9/h2,4,6,9H,3,5,7H2,1H3. The summed E-state index contributed by atoms with van der Waals surface area (Å²) in [5, 5.41) is 0.443. The van der Waals surface area contributed by atoms with E-state index in [0.29, 0.717) is 11.6 Å². The molecule has 3 heterocycles. The van der Waals surface area contributed by atoms with Gasteiger partial charge in [0.25, 0.3) is 0 Å². The van der Waals surface area contributed by atoms with E-state index in [1.165, 1.54) is 0 Å². The first-order chi connectivity index (χ1) is 8.46. The van der Waals surface area contributed by atoms with Crippen LogP contribution in [0.2, 0.25) is 5.15 Å². The second kappa shape index (κ2) is 3.96. The van der Waals surface area contributed by atoms with Crippen molar-refractivity contribution in [2.45, 2.75) is 19.3 Å². The molecule has 6 heteroatoms. The Morgan fingerprint density at radius 1 is 1.50 bits per heavy atom. The molecule has 1 aliphatic rings. The average molecular weight is 285 g/mol. The first-order valence-corrected chi connectivity index (χ1v) is 8.01. The van der Waals surface area contributed by atoms with Crippen molar-refractivity contribution in [3.05, 3.63) is 34.9 Å². The van der Waals surface area contributed by atoms with Crippen LogP contribution in [0.4, 0.5) is 0 Å². The van der Waals surface area contributed by atoms with E-state index >= 15 is 0 Å². The third kappa shape index (κ3) is 1.91. The molecule has 0 amide bonds. The summed E-state index contributed by atoms with van der Waals surface area (Å²) in [4.78, 5) is 4.34. The van der Waals surface area contributed by atoms with Crippen molar-refractivity contribution in [1.29, 1.82) is 0 Å². The van der Waals surface area contributed by atoms with Gasteiger partial charge in [-0.3, -0.25) is 0 Å². The van der Waals surface area contributed by atoms with Crippen molar-refractivity contribution in [3.8, 4) is 0 Å². The maximum absolute atomic E-state index is 11.5. The highest BCUT2D eigenvalue weighted by Gasteiger charge is 2.32. The molecule has 0 bridgehead atoms. The molecule has 1 fully saturated rings. The van der Waals surface area contributed by atoms with Gasteiger partial charge in [-0.2, -0.15) is 0 Å². The zero-order chi connectivity index (χ0) is 12.9. The number of halogens is 1. The summed E-state index contributed by atoms with van der Waals surface area (Å²) in [6.07, 6.45) is 2.54. The molecule has 2 aromatic heterocycles. The van der Waals surface area contributed by atoms with Gasteiger partial charge in [-0.25, -0.2) is 13.4 Å². The summed E-state index contributed by atoms with van der Waals surface area (Å²) in [6, 6.07) is 3.93. The van der Waals surface area contributed by atoms with E-state index in [2.05, 4.69) is 4.98 Å². The van der Waals surface area contributed by atoms with E-state index < -0.39 is 9.84 Å². The molecule has 0 saturated carbocycles. The van der Waals surface area contributed by atoms with Gasteiger partial charge < -0.3 is 4.40 Å². The molecular weight excluding hydrogens is 272 g/mol. The maximum Gasteiger partial charge on any atom is 0.155 e. The lowest BCUT2D eigenvalue weighted by molar-refractivity contribution is 0.601. The fourth-order valence-corrected chi connectivity index (χ4v) is 4.43. The SMILES string of the molecule is Cc1ccn2c(C3CCS(=O)(=O)C3)nc(Cl)c2c1. The van der Waals surface area contributed by atoms with Crippen LogP contribution in [0.1, 0.15) is 23.7 Å². The van der Waals surface area contributed by atoms with Crippen molar-refractivity contribution >= 4 is 27.0 Å². The van der Waals surface area contributed by atoms with E-state index in [4.69, 9.17) is 11.6 Å². The first kappa shape index (κ1) is 12.0. The Hall–Kier alpha value is -1.07. The third-order valence-electron chi connectivity index (χ3n) is 3.38. The van der Waals surface area contributed by atoms with Gasteiger partial charge >= 0.3 is 0 Å². The van der Waals surface area contributed by atoms with Crippen LogP contribution in [-0.2, 0) is 9.84 Å². The molecule has 1 saturated heterocycles. The van der Waals surface area contributed by atoms with Crippen LogP contribution in [0.3, 0.4) is 0 Å². The molecule has 0 radical (unpaired) electrons. The van der Waals surface area contributed by atoms with Gasteiger partial charge in [-0.1, -0.05) is 11.6 Å². The number of hydrogen-bond donors (Lipinski definition) is 0. The molecule has 4 nitrogen and oxygen atoms in total. The number of aryl methyl sites for hydroxylation is 1. The minimum atomic E-state index is -2.91. The Kier molecular flexibility index (Phi) is 2.64. The molecule has 96 valence electrons. The highest BCUT2D eigenvalue weighted by Crippen LogP contribution is 2.31. The number of fused-ring (bicyclic) bond motifs is 1. The van der Waals surface area contributed by atoms with Gasteiger partial charge in [0.15, 0.2) is 15.0 Å². The Balaban J connectivity index is 2.14. The summed E-state index contributed by atoms with van der Waals surface area (Å²) in [5.74, 6) is 1.14. The molecule has 18 heavy (non-hydrogen) atoms. The van der Waals surface area contributed by atoms with Crippen molar-refractivity contribution in [1.82, 2.24) is 9.38 Å². The van der Waals surface area contributed by atoms with E-state index in [1.807, 2.05) is 29.7 Å². The summed E-state index contributed by atoms with van der Waals surface area (Å²) in [6.45, 7) is 1.99. The first-order valence-electron chi connectivity index (χ1n) is 5.81. The van der Waals surface area contributed by atoms with E-state index in [9.17, 15) is 8.42 Å². The zero-order valence-corrected chi connectivity index (χ0v) is 11.5. The number of hydrogen-bond acceptors (Lipinski definition) is 3. The lowest BCUT2D eigenvalue weighted by Gasteiger charge is -2.06. The predicted octanol–water partition coefficient (Wildman–Crippen LogP) is 2.20. The minimum Gasteiger partial charge on any atom is -0.302 e. The Labute approximate surface area is 111 Å². The van der Waals surface area contributed by atoms with Gasteiger partial charge in [0.2, 0.25) is 0 Å². The number of aromatic nitrogens is 2. The zero-order valence-electron chi connectivity index (χ0n) is 9.93. The highest BCUT2D eigenvalue weighted by molar-refractivity contribution is 7.91. The third-order valence-corrected chi connectivity index (χ3v) is 5.42. The smallest absolute Gasteiger partial charge is 0.155 e. The maximum atomic E-state index is 11.5. The van der Waals surface area contributed by atoms with Crippen LogP contribution in [0, 0.1) is 6.92 Å². The highest BCUT2D eigenvalue weighted by atomic mass is 35.5. The lowest BCUT2D eigenvalue weighted by Crippen LogP contribution is -2.07. The van der Waals surface area contributed by atoms with Crippen molar-refractivity contribution < 1.29 is 8.42 Å². The molecule has 2 aromatic rings. The summed E-state index contributed by atoms with van der Waals surface area (Å²) in [5.41, 5.74) is 1.95. The van der Waals surface area contributed by atoms with Crippen molar-refractivity contribution in [2.75, 3.05) is 11.5 Å². The second-order valence-electron chi connectivity index (χ2n) is 4.82. The van der Waals surface area contributed by atoms with Crippen LogP contribution >= 0.6 is 11.6 Å². The normalized spacial score (nSPS) is 22.7. The fraction of sp³-hybridized carbons (Fsp3) is 0.417. The molecule has 0 spiro atoms. The predicted molar refractivity (Wildman–Crippen MR) is 71.0 cm³/mol. The lowest BCUT2D eigenvalue weighted by atomic mass is 10.1. The largest absolute Gasteiger partial charge is 0.302 e. The number of rotatable bonds is 1. The molecule has 0 aromatic carbocycles. The summed E-state index contributed by atoms with van der Waals surface area (Å²) in [7, 11) is -2.91. The number of nitrogens with zero attached hydrogens (tertiary/aromatic N) is 2. The van der Waals surface area contributed by atoms with Crippen LogP contribution in [0.5, 0.6) is 0 Å². The van der Waals surface area contributed by atoms with Gasteiger partial charge in [-0.05, 0) is 31.0 Å². The number of sulfone groups is 1. The second-order valence-corrected chi connectivity index (χ2v) is 7.41. The molecule has 1 unspecified atom stereocenters. The Morgan fingerprint density at radius 2 is 2.28 bits per heavy atom. The van der Waals surface area contributed by atoms with Crippen molar-refractivity contribution in [3.63, 3.8) is 0 Å². The monoisotopic (exact) mass is 284 g/mol. The van der Waals surface area contributed by atoms with Crippen LogP contribution in [0.25, 0.3) is 5.52 Å². The fourth-order valence-electron chi connectivity index (χ4n) is 2.46. The Morgan fingerprint density at radius 3 is 2.94 bits per heavy atom. The minimum absolute atomic E-state index is 0.0438. The van der Waals surface area contributed by atoms with E-state index in [0.717, 1.165) is 16.9 Å². The van der Waals surface area contributed by atoms with Gasteiger partial charge in [0.1, 0.15) is 5.82 Å². The quantitative estimate of drug-likeness (QED) is 0.807. The molecule has 0 aliphatic carbocycles. The Bertz CT molecular complexity index is 721. The van der Waals surface area contributed by atoms with Gasteiger partial charge in [0, 0.05) is 12.1 Å². The molecular formula is C12H13ClN2O2S. The number of imidazole rings is 1. The molecule has 1 atom stereocenters. The summed E-state index contributed by atoms with van der Waals surface area (Å²) < 4.78 is 25.0. The van der Waals surface area contributed by atoms with Crippen LogP contribution in [-0.4, -0.2) is 29.3 Å². The molecule has 0 N–H and O–H groups in total. The number of pyridine rings is 1. The van der Waals surface area contributed by atoms with E-state index in [1.54, 1.807) is 0 Å². The van der Waals surface area contributed by atoms with Gasteiger partial charge in [0.05, 0.1) is 17.0 Å². The average Bonchev–Trinajstić information content (AvgIpc) is 2.80. The summed E-state index contributed by atoms with van der Waals surface area (Å²) >= 11 is 6.12. The molecule has 3 rings (SSSR count). The topological polar surface area (TPSA) is 51.4 Å².